The number of halogens is 2. The van der Waals surface area contributed by atoms with Gasteiger partial charge in [0.2, 0.25) is 0 Å². The van der Waals surface area contributed by atoms with Crippen LogP contribution in [0.25, 0.3) is 10.9 Å². The molecule has 8 heteroatoms. The third kappa shape index (κ3) is 4.01. The van der Waals surface area contributed by atoms with E-state index in [1.54, 1.807) is 12.1 Å². The average molecular weight is 384 g/mol. The summed E-state index contributed by atoms with van der Waals surface area (Å²) in [4.78, 5) is 18.6. The van der Waals surface area contributed by atoms with Crippen LogP contribution >= 0.6 is 0 Å². The molecule has 1 aliphatic heterocycles. The van der Waals surface area contributed by atoms with Crippen molar-refractivity contribution in [3.63, 3.8) is 0 Å². The fourth-order valence-corrected chi connectivity index (χ4v) is 3.05. The summed E-state index contributed by atoms with van der Waals surface area (Å²) in [6, 6.07) is 11.3. The Morgan fingerprint density at radius 1 is 0.964 bits per heavy atom. The van der Waals surface area contributed by atoms with Gasteiger partial charge in [0.25, 0.3) is 0 Å². The minimum Gasteiger partial charge on any atom is -0.378 e. The number of aromatic nitrogens is 1. The first-order valence-electron chi connectivity index (χ1n) is 8.85. The van der Waals surface area contributed by atoms with Crippen molar-refractivity contribution in [2.24, 2.45) is 0 Å². The summed E-state index contributed by atoms with van der Waals surface area (Å²) < 4.78 is 32.8. The quantitative estimate of drug-likeness (QED) is 0.717. The summed E-state index contributed by atoms with van der Waals surface area (Å²) in [5, 5.41) is 5.72. The zero-order chi connectivity index (χ0) is 19.5. The molecule has 0 unspecified atom stereocenters. The van der Waals surface area contributed by atoms with Gasteiger partial charge in [-0.1, -0.05) is 0 Å². The Morgan fingerprint density at radius 2 is 1.68 bits per heavy atom. The molecule has 144 valence electrons. The zero-order valence-electron chi connectivity index (χ0n) is 14.9. The number of carbonyl (C=O) groups excluding carboxylic acids is 1. The summed E-state index contributed by atoms with van der Waals surface area (Å²) in [6.45, 7) is 2.66. The molecule has 0 aliphatic carbocycles. The van der Waals surface area contributed by atoms with Gasteiger partial charge in [0.1, 0.15) is 17.2 Å². The van der Waals surface area contributed by atoms with Crippen LogP contribution in [0.15, 0.2) is 48.5 Å². The number of morpholine rings is 1. The molecular weight excluding hydrogens is 366 g/mol. The minimum absolute atomic E-state index is 0.244. The molecule has 4 rings (SSSR count). The molecule has 1 saturated heterocycles. The molecule has 2 heterocycles. The molecule has 0 spiro atoms. The van der Waals surface area contributed by atoms with Gasteiger partial charge < -0.3 is 20.3 Å². The molecule has 0 bridgehead atoms. The van der Waals surface area contributed by atoms with E-state index < -0.39 is 17.7 Å². The highest BCUT2D eigenvalue weighted by Gasteiger charge is 2.15. The molecule has 2 N–H and O–H groups in total. The number of amides is 2. The number of anilines is 3. The number of carbonyl (C=O) groups is 1. The van der Waals surface area contributed by atoms with E-state index in [1.165, 1.54) is 30.3 Å². The lowest BCUT2D eigenvalue weighted by Crippen LogP contribution is -2.36. The van der Waals surface area contributed by atoms with E-state index in [2.05, 4.69) is 15.6 Å². The summed E-state index contributed by atoms with van der Waals surface area (Å²) in [5.74, 6) is -0.222. The number of benzene rings is 2. The maximum atomic E-state index is 14.6. The number of pyridine rings is 1. The molecule has 0 radical (unpaired) electrons. The van der Waals surface area contributed by atoms with Gasteiger partial charge in [-0.05, 0) is 48.5 Å². The topological polar surface area (TPSA) is 66.5 Å². The number of nitrogens with zero attached hydrogens (tertiary/aromatic N) is 2. The smallest absolute Gasteiger partial charge is 0.323 e. The number of fused-ring (bicyclic) bond motifs is 1. The molecule has 1 fully saturated rings. The lowest BCUT2D eigenvalue weighted by atomic mass is 10.2. The van der Waals surface area contributed by atoms with E-state index in [1.807, 2.05) is 11.0 Å². The molecule has 28 heavy (non-hydrogen) atoms. The van der Waals surface area contributed by atoms with Gasteiger partial charge in [-0.3, -0.25) is 0 Å². The number of hydrogen-bond acceptors (Lipinski definition) is 4. The number of hydrogen-bond donors (Lipinski definition) is 2. The Morgan fingerprint density at radius 3 is 2.43 bits per heavy atom. The summed E-state index contributed by atoms with van der Waals surface area (Å²) >= 11 is 0. The molecule has 0 atom stereocenters. The van der Waals surface area contributed by atoms with Crippen molar-refractivity contribution >= 4 is 34.1 Å². The molecule has 3 aromatic rings. The maximum Gasteiger partial charge on any atom is 0.323 e. The van der Waals surface area contributed by atoms with Crippen molar-refractivity contribution in [2.75, 3.05) is 41.8 Å². The van der Waals surface area contributed by atoms with Gasteiger partial charge in [0, 0.05) is 29.9 Å². The van der Waals surface area contributed by atoms with Crippen LogP contribution in [0.3, 0.4) is 0 Å². The van der Waals surface area contributed by atoms with E-state index in [-0.39, 0.29) is 5.52 Å². The Hall–Kier alpha value is -3.26. The second-order valence-electron chi connectivity index (χ2n) is 6.38. The van der Waals surface area contributed by atoms with Crippen LogP contribution in [0.5, 0.6) is 0 Å². The van der Waals surface area contributed by atoms with Crippen LogP contribution in [0.1, 0.15) is 0 Å². The predicted molar refractivity (Wildman–Crippen MR) is 104 cm³/mol. The normalized spacial score (nSPS) is 14.1. The van der Waals surface area contributed by atoms with Crippen LogP contribution < -0.4 is 15.5 Å². The first kappa shape index (κ1) is 18.1. The minimum atomic E-state index is -0.553. The van der Waals surface area contributed by atoms with Gasteiger partial charge in [-0.2, -0.15) is 0 Å². The first-order valence-corrected chi connectivity index (χ1v) is 8.85. The van der Waals surface area contributed by atoms with Crippen LogP contribution in [-0.4, -0.2) is 37.3 Å². The molecule has 1 aliphatic rings. The Balaban J connectivity index is 1.51. The van der Waals surface area contributed by atoms with E-state index in [0.29, 0.717) is 48.9 Å². The average Bonchev–Trinajstić information content (AvgIpc) is 2.70. The van der Waals surface area contributed by atoms with Crippen LogP contribution in [0, 0.1) is 11.6 Å². The van der Waals surface area contributed by atoms with Crippen molar-refractivity contribution in [3.05, 3.63) is 60.2 Å². The molecule has 2 aromatic carbocycles. The highest BCUT2D eigenvalue weighted by molar-refractivity contribution is 6.01. The van der Waals surface area contributed by atoms with Gasteiger partial charge in [-0.15, -0.1) is 0 Å². The van der Waals surface area contributed by atoms with Crippen LogP contribution in [-0.2, 0) is 4.74 Å². The highest BCUT2D eigenvalue weighted by Crippen LogP contribution is 2.25. The Labute approximate surface area is 160 Å². The molecule has 6 nitrogen and oxygen atoms in total. The zero-order valence-corrected chi connectivity index (χ0v) is 14.9. The predicted octanol–water partition coefficient (Wildman–Crippen LogP) is 3.99. The summed E-state index contributed by atoms with van der Waals surface area (Å²) in [6.07, 6.45) is 0. The van der Waals surface area contributed by atoms with Crippen molar-refractivity contribution in [1.29, 1.82) is 0 Å². The molecule has 1 aromatic heterocycles. The number of nitrogens with one attached hydrogen (secondary N) is 2. The standard InChI is InChI=1S/C20H18F2N4O2/c21-14-2-4-15(5-3-14)23-20(27)24-16-11-13-1-6-18(25-19(13)17(22)12-16)26-7-9-28-10-8-26/h1-6,11-12H,7-10H2,(H2,23,24,27). The lowest BCUT2D eigenvalue weighted by molar-refractivity contribution is 0.122. The van der Waals surface area contributed by atoms with Gasteiger partial charge >= 0.3 is 6.03 Å². The first-order chi connectivity index (χ1) is 13.6. The second kappa shape index (κ2) is 7.77. The van der Waals surface area contributed by atoms with Crippen molar-refractivity contribution in [3.8, 4) is 0 Å². The van der Waals surface area contributed by atoms with Gasteiger partial charge in [0.15, 0.2) is 5.82 Å². The summed E-state index contributed by atoms with van der Waals surface area (Å²) in [7, 11) is 0. The SMILES string of the molecule is O=C(Nc1ccc(F)cc1)Nc1cc(F)c2nc(N3CCOCC3)ccc2c1. The Kier molecular flexibility index (Phi) is 5.03. The van der Waals surface area contributed by atoms with E-state index in [9.17, 15) is 13.6 Å². The fraction of sp³-hybridized carbons (Fsp3) is 0.200. The van der Waals surface area contributed by atoms with E-state index >= 15 is 0 Å². The number of urea groups is 1. The summed E-state index contributed by atoms with van der Waals surface area (Å²) in [5.41, 5.74) is 0.969. The van der Waals surface area contributed by atoms with Gasteiger partial charge in [-0.25, -0.2) is 18.6 Å². The second-order valence-corrected chi connectivity index (χ2v) is 6.38. The third-order valence-corrected chi connectivity index (χ3v) is 4.43. The Bertz CT molecular complexity index is 1010. The lowest BCUT2D eigenvalue weighted by Gasteiger charge is -2.28. The number of rotatable bonds is 3. The van der Waals surface area contributed by atoms with Crippen LogP contribution in [0.4, 0.5) is 30.8 Å². The number of ether oxygens (including phenoxy) is 1. The monoisotopic (exact) mass is 384 g/mol. The van der Waals surface area contributed by atoms with E-state index in [0.717, 1.165) is 0 Å². The fourth-order valence-electron chi connectivity index (χ4n) is 3.05. The molecule has 0 saturated carbocycles. The highest BCUT2D eigenvalue weighted by atomic mass is 19.1. The maximum absolute atomic E-state index is 14.6. The largest absolute Gasteiger partial charge is 0.378 e. The van der Waals surface area contributed by atoms with Crippen molar-refractivity contribution in [2.45, 2.75) is 0 Å². The van der Waals surface area contributed by atoms with Crippen molar-refractivity contribution in [1.82, 2.24) is 4.98 Å². The third-order valence-electron chi connectivity index (χ3n) is 4.43. The van der Waals surface area contributed by atoms with E-state index in [4.69, 9.17) is 4.74 Å². The van der Waals surface area contributed by atoms with Crippen LogP contribution in [0.2, 0.25) is 0 Å². The molecule has 2 amide bonds. The van der Waals surface area contributed by atoms with Crippen molar-refractivity contribution < 1.29 is 18.3 Å². The molecular formula is C20H18F2N4O2. The van der Waals surface area contributed by atoms with Gasteiger partial charge in [0.05, 0.1) is 13.2 Å².